The molecular formula is C21H19ClN2O5. The highest BCUT2D eigenvalue weighted by Crippen LogP contribution is 2.30. The van der Waals surface area contributed by atoms with Crippen molar-refractivity contribution in [2.24, 2.45) is 0 Å². The van der Waals surface area contributed by atoms with Crippen molar-refractivity contribution in [3.63, 3.8) is 0 Å². The molecule has 0 amide bonds. The molecule has 0 bridgehead atoms. The van der Waals surface area contributed by atoms with Gasteiger partial charge in [0.1, 0.15) is 11.3 Å². The lowest BCUT2D eigenvalue weighted by Crippen LogP contribution is -2.02. The zero-order valence-electron chi connectivity index (χ0n) is 16.0. The first-order valence-corrected chi connectivity index (χ1v) is 8.98. The fourth-order valence-electron chi connectivity index (χ4n) is 3.13. The molecule has 29 heavy (non-hydrogen) atoms. The summed E-state index contributed by atoms with van der Waals surface area (Å²) in [5.41, 5.74) is 3.38. The molecule has 0 aliphatic heterocycles. The molecule has 3 N–H and O–H groups in total. The molecule has 2 aromatic heterocycles. The van der Waals surface area contributed by atoms with Crippen LogP contribution in [0.1, 0.15) is 26.3 Å². The number of carbonyl (C=O) groups excluding carboxylic acids is 1. The SMILES string of the molecule is COC(=O)c1cc(C)c2[nH]ccc2c1Cl.COc1c(C(=O)O)ccc2[nH]ccc12. The van der Waals surface area contributed by atoms with Gasteiger partial charge in [0.2, 0.25) is 0 Å². The molecular weight excluding hydrogens is 396 g/mol. The minimum atomic E-state index is -0.982. The highest BCUT2D eigenvalue weighted by molar-refractivity contribution is 6.38. The van der Waals surface area contributed by atoms with Gasteiger partial charge >= 0.3 is 11.9 Å². The smallest absolute Gasteiger partial charge is 0.339 e. The number of H-pyrrole nitrogens is 2. The molecule has 4 aromatic rings. The topological polar surface area (TPSA) is 104 Å². The van der Waals surface area contributed by atoms with Crippen LogP contribution in [0.25, 0.3) is 21.8 Å². The number of hydrogen-bond donors (Lipinski definition) is 3. The summed E-state index contributed by atoms with van der Waals surface area (Å²) >= 11 is 6.11. The lowest BCUT2D eigenvalue weighted by atomic mass is 10.1. The molecule has 0 saturated carbocycles. The van der Waals surface area contributed by atoms with E-state index < -0.39 is 11.9 Å². The molecule has 2 aromatic carbocycles. The van der Waals surface area contributed by atoms with Crippen LogP contribution in [0.2, 0.25) is 5.02 Å². The maximum Gasteiger partial charge on any atom is 0.339 e. The molecule has 0 radical (unpaired) electrons. The molecule has 4 rings (SSSR count). The van der Waals surface area contributed by atoms with Crippen LogP contribution < -0.4 is 4.74 Å². The molecule has 0 aliphatic rings. The number of methoxy groups -OCH3 is 2. The minimum absolute atomic E-state index is 0.180. The number of aromatic amines is 2. The first-order valence-electron chi connectivity index (χ1n) is 8.60. The van der Waals surface area contributed by atoms with Gasteiger partial charge in [0, 0.05) is 34.2 Å². The number of hydrogen-bond acceptors (Lipinski definition) is 4. The van der Waals surface area contributed by atoms with E-state index in [1.165, 1.54) is 20.3 Å². The Labute approximate surface area is 171 Å². The second kappa shape index (κ2) is 8.28. The quantitative estimate of drug-likeness (QED) is 0.418. The number of fused-ring (bicyclic) bond motifs is 2. The van der Waals surface area contributed by atoms with Crippen molar-refractivity contribution in [3.05, 3.63) is 64.4 Å². The van der Waals surface area contributed by atoms with E-state index in [9.17, 15) is 9.59 Å². The predicted octanol–water partition coefficient (Wildman–Crippen LogP) is 4.79. The summed E-state index contributed by atoms with van der Waals surface area (Å²) in [7, 11) is 2.81. The molecule has 0 saturated heterocycles. The highest BCUT2D eigenvalue weighted by atomic mass is 35.5. The standard InChI is InChI=1S/C11H10ClNO2.C10H9NO3/c1-6-5-8(11(14)15-2)9(12)7-3-4-13-10(6)7;1-14-9-6-4-5-11-8(6)3-2-7(9)10(12)13/h3-5,13H,1-2H3;2-5,11H,1H3,(H,12,13). The van der Waals surface area contributed by atoms with Crippen molar-refractivity contribution in [2.75, 3.05) is 14.2 Å². The van der Waals surface area contributed by atoms with Gasteiger partial charge in [-0.3, -0.25) is 0 Å². The number of carboxylic acids is 1. The van der Waals surface area contributed by atoms with Gasteiger partial charge in [-0.2, -0.15) is 0 Å². The third kappa shape index (κ3) is 3.77. The van der Waals surface area contributed by atoms with Crippen LogP contribution in [0.3, 0.4) is 0 Å². The number of aryl methyl sites for hydroxylation is 1. The van der Waals surface area contributed by atoms with Gasteiger partial charge in [-0.15, -0.1) is 0 Å². The summed E-state index contributed by atoms with van der Waals surface area (Å²) in [5, 5.41) is 11.0. The molecule has 7 nitrogen and oxygen atoms in total. The normalized spacial score (nSPS) is 10.5. The van der Waals surface area contributed by atoms with Crippen molar-refractivity contribution < 1.29 is 24.2 Å². The number of aromatic carboxylic acids is 1. The minimum Gasteiger partial charge on any atom is -0.495 e. The number of ether oxygens (including phenoxy) is 2. The van der Waals surface area contributed by atoms with Gasteiger partial charge in [-0.1, -0.05) is 11.6 Å². The zero-order chi connectivity index (χ0) is 21.1. The lowest BCUT2D eigenvalue weighted by molar-refractivity contribution is 0.0600. The number of aromatic nitrogens is 2. The molecule has 0 spiro atoms. The van der Waals surface area contributed by atoms with Crippen molar-refractivity contribution in [2.45, 2.75) is 6.92 Å². The van der Waals surface area contributed by atoms with E-state index in [2.05, 4.69) is 14.7 Å². The Morgan fingerprint density at radius 1 is 1.00 bits per heavy atom. The Morgan fingerprint density at radius 3 is 2.34 bits per heavy atom. The Hall–Kier alpha value is -3.45. The largest absolute Gasteiger partial charge is 0.495 e. The molecule has 0 aliphatic carbocycles. The summed E-state index contributed by atoms with van der Waals surface area (Å²) < 4.78 is 9.74. The van der Waals surface area contributed by atoms with E-state index in [1.807, 2.05) is 13.0 Å². The zero-order valence-corrected chi connectivity index (χ0v) is 16.8. The predicted molar refractivity (Wildman–Crippen MR) is 111 cm³/mol. The van der Waals surface area contributed by atoms with Crippen molar-refractivity contribution in [1.82, 2.24) is 9.97 Å². The number of rotatable bonds is 3. The number of benzene rings is 2. The van der Waals surface area contributed by atoms with Crippen molar-refractivity contribution in [3.8, 4) is 5.75 Å². The van der Waals surface area contributed by atoms with Gasteiger partial charge in [-0.25, -0.2) is 9.59 Å². The summed E-state index contributed by atoms with van der Waals surface area (Å²) in [6.07, 6.45) is 3.55. The maximum absolute atomic E-state index is 11.4. The van der Waals surface area contributed by atoms with Gasteiger partial charge in [0.05, 0.1) is 24.8 Å². The first-order chi connectivity index (χ1) is 13.9. The second-order valence-corrected chi connectivity index (χ2v) is 6.58. The van der Waals surface area contributed by atoms with E-state index >= 15 is 0 Å². The number of halogens is 1. The van der Waals surface area contributed by atoms with Crippen LogP contribution in [-0.2, 0) is 4.74 Å². The first kappa shape index (κ1) is 20.3. The van der Waals surface area contributed by atoms with Crippen molar-refractivity contribution in [1.29, 1.82) is 0 Å². The van der Waals surface area contributed by atoms with Crippen molar-refractivity contribution >= 4 is 45.3 Å². The number of nitrogens with one attached hydrogen (secondary N) is 2. The van der Waals surface area contributed by atoms with E-state index in [0.717, 1.165) is 27.4 Å². The lowest BCUT2D eigenvalue weighted by Gasteiger charge is -2.05. The van der Waals surface area contributed by atoms with Crippen LogP contribution in [0.4, 0.5) is 0 Å². The van der Waals surface area contributed by atoms with E-state index in [-0.39, 0.29) is 5.56 Å². The molecule has 0 fully saturated rings. The average Bonchev–Trinajstić information content (AvgIpc) is 3.39. The molecule has 0 unspecified atom stereocenters. The molecule has 150 valence electrons. The third-order valence-corrected chi connectivity index (χ3v) is 4.91. The van der Waals surface area contributed by atoms with Gasteiger partial charge in [0.15, 0.2) is 0 Å². The average molecular weight is 415 g/mol. The fraction of sp³-hybridized carbons (Fsp3) is 0.143. The van der Waals surface area contributed by atoms with Crippen LogP contribution in [0.5, 0.6) is 5.75 Å². The summed E-state index contributed by atoms with van der Waals surface area (Å²) in [4.78, 5) is 28.4. The molecule has 8 heteroatoms. The Bertz CT molecular complexity index is 1210. The second-order valence-electron chi connectivity index (χ2n) is 6.20. The highest BCUT2D eigenvalue weighted by Gasteiger charge is 2.16. The summed E-state index contributed by atoms with van der Waals surface area (Å²) in [6.45, 7) is 1.92. The Kier molecular flexibility index (Phi) is 5.79. The van der Waals surface area contributed by atoms with E-state index in [0.29, 0.717) is 16.3 Å². The number of carboxylic acid groups (broad SMARTS) is 1. The molecule has 0 atom stereocenters. The monoisotopic (exact) mass is 414 g/mol. The van der Waals surface area contributed by atoms with Crippen LogP contribution in [0.15, 0.2) is 42.7 Å². The van der Waals surface area contributed by atoms with Crippen LogP contribution in [-0.4, -0.2) is 41.2 Å². The molecule has 2 heterocycles. The fourth-order valence-corrected chi connectivity index (χ4v) is 3.42. The van der Waals surface area contributed by atoms with Gasteiger partial charge in [0.25, 0.3) is 0 Å². The van der Waals surface area contributed by atoms with E-state index in [1.54, 1.807) is 30.6 Å². The van der Waals surface area contributed by atoms with Gasteiger partial charge < -0.3 is 24.5 Å². The third-order valence-electron chi connectivity index (χ3n) is 4.50. The Morgan fingerprint density at radius 2 is 1.69 bits per heavy atom. The number of carbonyl (C=O) groups is 2. The van der Waals surface area contributed by atoms with Crippen LogP contribution in [0, 0.1) is 6.92 Å². The number of esters is 1. The van der Waals surface area contributed by atoms with Gasteiger partial charge in [-0.05, 0) is 42.8 Å². The summed E-state index contributed by atoms with van der Waals surface area (Å²) in [5.74, 6) is -0.993. The van der Waals surface area contributed by atoms with E-state index in [4.69, 9.17) is 21.4 Å². The van der Waals surface area contributed by atoms with Crippen LogP contribution >= 0.6 is 11.6 Å². The maximum atomic E-state index is 11.4. The Balaban J connectivity index is 0.000000166. The summed E-state index contributed by atoms with van der Waals surface area (Å²) in [6, 6.07) is 8.62.